The van der Waals surface area contributed by atoms with Gasteiger partial charge < -0.3 is 15.5 Å². The molecule has 2 aromatic carbocycles. The van der Waals surface area contributed by atoms with Crippen molar-refractivity contribution in [2.24, 2.45) is 0 Å². The molecular weight excluding hydrogens is 333 g/mol. The molecule has 5 nitrogen and oxygen atoms in total. The molecule has 1 aliphatic heterocycles. The number of rotatable bonds is 5. The van der Waals surface area contributed by atoms with Crippen LogP contribution in [0.3, 0.4) is 0 Å². The van der Waals surface area contributed by atoms with Gasteiger partial charge in [-0.1, -0.05) is 24.3 Å². The first-order valence-electron chi connectivity index (χ1n) is 8.69. The Kier molecular flexibility index (Phi) is 5.51. The summed E-state index contributed by atoms with van der Waals surface area (Å²) in [6.45, 7) is 3.10. The molecule has 6 heteroatoms. The van der Waals surface area contributed by atoms with Crippen molar-refractivity contribution in [2.75, 3.05) is 11.4 Å². The third-order valence-electron chi connectivity index (χ3n) is 4.46. The monoisotopic (exact) mass is 355 g/mol. The van der Waals surface area contributed by atoms with Crippen LogP contribution in [0.2, 0.25) is 0 Å². The normalized spacial score (nSPS) is 13.8. The Morgan fingerprint density at radius 1 is 1.08 bits per heavy atom. The number of carbonyl (C=O) groups is 2. The Balaban J connectivity index is 1.46. The van der Waals surface area contributed by atoms with E-state index in [-0.39, 0.29) is 24.3 Å². The van der Waals surface area contributed by atoms with Gasteiger partial charge in [-0.25, -0.2) is 9.18 Å². The van der Waals surface area contributed by atoms with Gasteiger partial charge in [0.25, 0.3) is 0 Å². The highest BCUT2D eigenvalue weighted by atomic mass is 19.1. The Bertz CT molecular complexity index is 805. The van der Waals surface area contributed by atoms with Crippen LogP contribution in [-0.2, 0) is 17.9 Å². The van der Waals surface area contributed by atoms with E-state index in [1.807, 2.05) is 24.3 Å². The minimum absolute atomic E-state index is 0.155. The van der Waals surface area contributed by atoms with Gasteiger partial charge in [0.1, 0.15) is 5.82 Å². The summed E-state index contributed by atoms with van der Waals surface area (Å²) >= 11 is 0. The first-order chi connectivity index (χ1) is 12.5. The number of benzene rings is 2. The van der Waals surface area contributed by atoms with E-state index in [1.165, 1.54) is 6.07 Å². The van der Waals surface area contributed by atoms with Crippen molar-refractivity contribution in [1.82, 2.24) is 10.6 Å². The summed E-state index contributed by atoms with van der Waals surface area (Å²) < 4.78 is 13.5. The molecule has 0 saturated carbocycles. The minimum atomic E-state index is -0.315. The second-order valence-electron chi connectivity index (χ2n) is 6.44. The lowest BCUT2D eigenvalue weighted by atomic mass is 10.1. The highest BCUT2D eigenvalue weighted by Crippen LogP contribution is 2.21. The zero-order chi connectivity index (χ0) is 18.5. The number of carbonyl (C=O) groups excluding carboxylic acids is 2. The first-order valence-corrected chi connectivity index (χ1v) is 8.69. The van der Waals surface area contributed by atoms with Crippen LogP contribution >= 0.6 is 0 Å². The summed E-state index contributed by atoms with van der Waals surface area (Å²) in [4.78, 5) is 25.4. The molecular formula is C20H22FN3O2. The number of hydrogen-bond donors (Lipinski definition) is 2. The molecule has 0 bridgehead atoms. The van der Waals surface area contributed by atoms with Crippen molar-refractivity contribution >= 4 is 17.6 Å². The lowest BCUT2D eigenvalue weighted by Gasteiger charge is -2.16. The number of amides is 3. The van der Waals surface area contributed by atoms with E-state index in [4.69, 9.17) is 0 Å². The lowest BCUT2D eigenvalue weighted by Crippen LogP contribution is -2.34. The Morgan fingerprint density at radius 3 is 2.35 bits per heavy atom. The van der Waals surface area contributed by atoms with Crippen molar-refractivity contribution in [3.8, 4) is 0 Å². The van der Waals surface area contributed by atoms with E-state index >= 15 is 0 Å². The third-order valence-corrected chi connectivity index (χ3v) is 4.46. The van der Waals surface area contributed by atoms with Crippen molar-refractivity contribution in [2.45, 2.75) is 32.9 Å². The Hall–Kier alpha value is -2.89. The van der Waals surface area contributed by atoms with E-state index in [9.17, 15) is 14.0 Å². The van der Waals surface area contributed by atoms with E-state index in [2.05, 4.69) is 10.6 Å². The van der Waals surface area contributed by atoms with Gasteiger partial charge in [0.2, 0.25) is 5.91 Å². The molecule has 26 heavy (non-hydrogen) atoms. The van der Waals surface area contributed by atoms with Crippen LogP contribution in [0.5, 0.6) is 0 Å². The number of hydrogen-bond acceptors (Lipinski definition) is 2. The highest BCUT2D eigenvalue weighted by molar-refractivity contribution is 5.95. The summed E-state index contributed by atoms with van der Waals surface area (Å²) in [5.41, 5.74) is 3.12. The molecule has 1 saturated heterocycles. The average Bonchev–Trinajstić information content (AvgIpc) is 3.07. The van der Waals surface area contributed by atoms with Crippen LogP contribution in [0.1, 0.15) is 29.5 Å². The van der Waals surface area contributed by atoms with Gasteiger partial charge >= 0.3 is 6.03 Å². The lowest BCUT2D eigenvalue weighted by molar-refractivity contribution is -0.117. The quantitative estimate of drug-likeness (QED) is 0.865. The van der Waals surface area contributed by atoms with E-state index in [0.29, 0.717) is 24.1 Å². The molecule has 0 unspecified atom stereocenters. The molecule has 136 valence electrons. The number of urea groups is 1. The third kappa shape index (κ3) is 4.39. The molecule has 1 heterocycles. The largest absolute Gasteiger partial charge is 0.334 e. The van der Waals surface area contributed by atoms with Crippen molar-refractivity contribution in [1.29, 1.82) is 0 Å². The summed E-state index contributed by atoms with van der Waals surface area (Å²) in [7, 11) is 0. The molecule has 3 rings (SSSR count). The molecule has 1 aliphatic rings. The van der Waals surface area contributed by atoms with Gasteiger partial charge in [0.15, 0.2) is 0 Å². The molecule has 2 N–H and O–H groups in total. The predicted molar refractivity (Wildman–Crippen MR) is 98.2 cm³/mol. The second-order valence-corrected chi connectivity index (χ2v) is 6.44. The summed E-state index contributed by atoms with van der Waals surface area (Å²) in [6, 6.07) is 12.2. The maximum Gasteiger partial charge on any atom is 0.315 e. The first kappa shape index (κ1) is 17.9. The molecule has 0 atom stereocenters. The summed E-state index contributed by atoms with van der Waals surface area (Å²) in [5.74, 6) is -0.121. The number of nitrogens with one attached hydrogen (secondary N) is 2. The number of anilines is 1. The zero-order valence-electron chi connectivity index (χ0n) is 14.7. The SMILES string of the molecule is Cc1ccc(CNC(=O)NCc2ccc(N3CCCC3=O)cc2)cc1F. The van der Waals surface area contributed by atoms with Gasteiger partial charge in [0, 0.05) is 31.7 Å². The topological polar surface area (TPSA) is 61.4 Å². The van der Waals surface area contributed by atoms with Gasteiger partial charge in [0.05, 0.1) is 0 Å². The van der Waals surface area contributed by atoms with Crippen LogP contribution in [0.4, 0.5) is 14.9 Å². The highest BCUT2D eigenvalue weighted by Gasteiger charge is 2.21. The van der Waals surface area contributed by atoms with Crippen LogP contribution < -0.4 is 15.5 Å². The fourth-order valence-electron chi connectivity index (χ4n) is 2.89. The van der Waals surface area contributed by atoms with E-state index in [1.54, 1.807) is 24.0 Å². The average molecular weight is 355 g/mol. The standard InChI is InChI=1S/C20H22FN3O2/c1-14-4-5-16(11-18(14)21)13-23-20(26)22-12-15-6-8-17(9-7-15)24-10-2-3-19(24)25/h4-9,11H,2-3,10,12-13H2,1H3,(H2,22,23,26). The fraction of sp³-hybridized carbons (Fsp3) is 0.300. The van der Waals surface area contributed by atoms with Crippen LogP contribution in [0.25, 0.3) is 0 Å². The molecule has 3 amide bonds. The maximum absolute atomic E-state index is 13.5. The number of nitrogens with zero attached hydrogens (tertiary/aromatic N) is 1. The predicted octanol–water partition coefficient (Wildman–Crippen LogP) is 3.26. The van der Waals surface area contributed by atoms with Gasteiger partial charge in [-0.2, -0.15) is 0 Å². The smallest absolute Gasteiger partial charge is 0.315 e. The Labute approximate surface area is 152 Å². The van der Waals surface area contributed by atoms with Gasteiger partial charge in [-0.3, -0.25) is 4.79 Å². The maximum atomic E-state index is 13.5. The minimum Gasteiger partial charge on any atom is -0.334 e. The number of halogens is 1. The van der Waals surface area contributed by atoms with Crippen LogP contribution in [0, 0.1) is 12.7 Å². The molecule has 2 aromatic rings. The van der Waals surface area contributed by atoms with Crippen molar-refractivity contribution < 1.29 is 14.0 Å². The van der Waals surface area contributed by atoms with Crippen LogP contribution in [-0.4, -0.2) is 18.5 Å². The Morgan fingerprint density at radius 2 is 1.73 bits per heavy atom. The molecule has 0 spiro atoms. The summed E-state index contributed by atoms with van der Waals surface area (Å²) in [6.07, 6.45) is 1.50. The molecule has 0 aromatic heterocycles. The molecule has 0 radical (unpaired) electrons. The van der Waals surface area contributed by atoms with E-state index < -0.39 is 0 Å². The van der Waals surface area contributed by atoms with E-state index in [0.717, 1.165) is 24.2 Å². The van der Waals surface area contributed by atoms with Gasteiger partial charge in [-0.05, 0) is 48.2 Å². The van der Waals surface area contributed by atoms with Crippen LogP contribution in [0.15, 0.2) is 42.5 Å². The fourth-order valence-corrected chi connectivity index (χ4v) is 2.89. The number of aryl methyl sites for hydroxylation is 1. The molecule has 1 fully saturated rings. The van der Waals surface area contributed by atoms with Gasteiger partial charge in [-0.15, -0.1) is 0 Å². The molecule has 0 aliphatic carbocycles. The zero-order valence-corrected chi connectivity index (χ0v) is 14.7. The summed E-state index contributed by atoms with van der Waals surface area (Å²) in [5, 5.41) is 5.48. The van der Waals surface area contributed by atoms with Crippen molar-refractivity contribution in [3.05, 3.63) is 65.0 Å². The second kappa shape index (κ2) is 7.99. The van der Waals surface area contributed by atoms with Crippen molar-refractivity contribution in [3.63, 3.8) is 0 Å².